The smallest absolute Gasteiger partial charge is 0.273 e. The van der Waals surface area contributed by atoms with E-state index in [9.17, 15) is 28.1 Å². The lowest BCUT2D eigenvalue weighted by Crippen LogP contribution is -2.52. The van der Waals surface area contributed by atoms with Crippen molar-refractivity contribution in [3.05, 3.63) is 88.0 Å². The number of carbonyl (C=O) groups is 2. The summed E-state index contributed by atoms with van der Waals surface area (Å²) in [7, 11) is -1.51. The van der Waals surface area contributed by atoms with Crippen LogP contribution in [0, 0.1) is 23.0 Å². The van der Waals surface area contributed by atoms with Gasteiger partial charge in [0.15, 0.2) is 0 Å². The highest BCUT2D eigenvalue weighted by molar-refractivity contribution is 7.92. The first-order chi connectivity index (χ1) is 21.3. The highest BCUT2D eigenvalue weighted by Crippen LogP contribution is 2.29. The van der Waals surface area contributed by atoms with Crippen molar-refractivity contribution in [3.8, 4) is 11.5 Å². The first-order valence-electron chi connectivity index (χ1n) is 14.4. The molecule has 12 nitrogen and oxygen atoms in total. The van der Waals surface area contributed by atoms with Crippen LogP contribution in [0.1, 0.15) is 38.3 Å². The topological polar surface area (TPSA) is 148 Å². The number of amides is 2. The Morgan fingerprint density at radius 1 is 0.956 bits per heavy atom. The Bertz CT molecular complexity index is 1590. The summed E-state index contributed by atoms with van der Waals surface area (Å²) >= 11 is 0. The SMILES string of the molecule is CC[C@@H](C(=O)NCC(C)C)N(Cc1ccc(OC)cc1)C(=O)CN(c1ccc(OC)cc1)S(=O)(=O)c1ccc(C)c([N+](=O)[O-])c1. The predicted octanol–water partition coefficient (Wildman–Crippen LogP) is 4.70. The molecule has 0 aliphatic heterocycles. The molecule has 0 fully saturated rings. The average molecular weight is 641 g/mol. The number of carbonyl (C=O) groups excluding carboxylic acids is 2. The summed E-state index contributed by atoms with van der Waals surface area (Å²) in [6, 6.07) is 15.7. The van der Waals surface area contributed by atoms with Gasteiger partial charge in [0.2, 0.25) is 11.8 Å². The average Bonchev–Trinajstić information content (AvgIpc) is 3.02. The molecule has 0 heterocycles. The maximum atomic E-state index is 14.2. The number of hydrogen-bond acceptors (Lipinski definition) is 8. The molecule has 0 bridgehead atoms. The van der Waals surface area contributed by atoms with Gasteiger partial charge >= 0.3 is 0 Å². The van der Waals surface area contributed by atoms with E-state index in [0.717, 1.165) is 10.4 Å². The number of nitrogens with zero attached hydrogens (tertiary/aromatic N) is 3. The van der Waals surface area contributed by atoms with Crippen molar-refractivity contribution < 1.29 is 32.4 Å². The quantitative estimate of drug-likeness (QED) is 0.186. The van der Waals surface area contributed by atoms with E-state index < -0.39 is 33.4 Å². The van der Waals surface area contributed by atoms with E-state index in [-0.39, 0.29) is 46.6 Å². The van der Waals surface area contributed by atoms with E-state index in [0.29, 0.717) is 23.6 Å². The van der Waals surface area contributed by atoms with Crippen LogP contribution in [0.3, 0.4) is 0 Å². The number of hydrogen-bond donors (Lipinski definition) is 1. The van der Waals surface area contributed by atoms with Crippen molar-refractivity contribution in [1.29, 1.82) is 0 Å². The van der Waals surface area contributed by atoms with E-state index in [1.165, 1.54) is 50.3 Å². The molecule has 3 aromatic carbocycles. The number of rotatable bonds is 15. The van der Waals surface area contributed by atoms with E-state index in [1.54, 1.807) is 43.3 Å². The molecule has 0 aromatic heterocycles. The Hall–Kier alpha value is -4.65. The van der Waals surface area contributed by atoms with Gasteiger partial charge in [-0.05, 0) is 67.3 Å². The maximum Gasteiger partial charge on any atom is 0.273 e. The molecule has 0 unspecified atom stereocenters. The van der Waals surface area contributed by atoms with Crippen molar-refractivity contribution in [3.63, 3.8) is 0 Å². The second-order valence-corrected chi connectivity index (χ2v) is 12.7. The van der Waals surface area contributed by atoms with Crippen molar-refractivity contribution in [1.82, 2.24) is 10.2 Å². The van der Waals surface area contributed by atoms with Crippen LogP contribution in [-0.2, 0) is 26.2 Å². The molecule has 0 aliphatic rings. The number of aryl methyl sites for hydroxylation is 1. The van der Waals surface area contributed by atoms with Gasteiger partial charge in [-0.3, -0.25) is 24.0 Å². The summed E-state index contributed by atoms with van der Waals surface area (Å²) in [5.41, 5.74) is 0.752. The van der Waals surface area contributed by atoms with Gasteiger partial charge in [0.1, 0.15) is 24.1 Å². The molecule has 0 radical (unpaired) electrons. The minimum atomic E-state index is -4.51. The van der Waals surface area contributed by atoms with Gasteiger partial charge in [-0.15, -0.1) is 0 Å². The molecule has 0 saturated heterocycles. The molecule has 0 spiro atoms. The number of benzene rings is 3. The van der Waals surface area contributed by atoms with Crippen LogP contribution in [0.5, 0.6) is 11.5 Å². The Morgan fingerprint density at radius 3 is 2.04 bits per heavy atom. The van der Waals surface area contributed by atoms with Crippen LogP contribution in [0.15, 0.2) is 71.6 Å². The normalized spacial score (nSPS) is 11.9. The summed E-state index contributed by atoms with van der Waals surface area (Å²) in [5.74, 6) is 0.246. The van der Waals surface area contributed by atoms with Crippen LogP contribution < -0.4 is 19.1 Å². The third-order valence-corrected chi connectivity index (χ3v) is 8.96. The molecular formula is C32H40N4O8S. The second-order valence-electron chi connectivity index (χ2n) is 10.8. The van der Waals surface area contributed by atoms with Gasteiger partial charge in [0.25, 0.3) is 15.7 Å². The molecule has 0 saturated carbocycles. The molecule has 1 atom stereocenters. The number of nitro groups is 1. The number of ether oxygens (including phenoxy) is 2. The Balaban J connectivity index is 2.10. The van der Waals surface area contributed by atoms with Gasteiger partial charge in [0, 0.05) is 24.7 Å². The molecule has 242 valence electrons. The zero-order valence-electron chi connectivity index (χ0n) is 26.3. The van der Waals surface area contributed by atoms with E-state index in [4.69, 9.17) is 9.47 Å². The minimum Gasteiger partial charge on any atom is -0.497 e. The highest BCUT2D eigenvalue weighted by atomic mass is 32.2. The summed E-state index contributed by atoms with van der Waals surface area (Å²) in [4.78, 5) is 39.6. The lowest BCUT2D eigenvalue weighted by Gasteiger charge is -2.33. The van der Waals surface area contributed by atoms with Crippen LogP contribution in [0.4, 0.5) is 11.4 Å². The minimum absolute atomic E-state index is 0.0168. The maximum absolute atomic E-state index is 14.2. The fourth-order valence-corrected chi connectivity index (χ4v) is 6.06. The van der Waals surface area contributed by atoms with Gasteiger partial charge < -0.3 is 19.7 Å². The van der Waals surface area contributed by atoms with Crippen LogP contribution in [0.25, 0.3) is 0 Å². The first kappa shape index (κ1) is 34.8. The van der Waals surface area contributed by atoms with Crippen molar-refractivity contribution in [2.75, 3.05) is 31.6 Å². The fourth-order valence-electron chi connectivity index (χ4n) is 4.62. The zero-order valence-corrected chi connectivity index (χ0v) is 27.2. The summed E-state index contributed by atoms with van der Waals surface area (Å²) in [6.07, 6.45) is 0.269. The largest absolute Gasteiger partial charge is 0.497 e. The van der Waals surface area contributed by atoms with E-state index in [1.807, 2.05) is 13.8 Å². The third-order valence-electron chi connectivity index (χ3n) is 7.19. The second kappa shape index (κ2) is 15.4. The van der Waals surface area contributed by atoms with Crippen LogP contribution >= 0.6 is 0 Å². The monoisotopic (exact) mass is 640 g/mol. The molecule has 45 heavy (non-hydrogen) atoms. The number of sulfonamides is 1. The Morgan fingerprint density at radius 2 is 1.53 bits per heavy atom. The third kappa shape index (κ3) is 8.72. The zero-order chi connectivity index (χ0) is 33.3. The Labute approximate surface area is 264 Å². The lowest BCUT2D eigenvalue weighted by molar-refractivity contribution is -0.385. The Kier molecular flexibility index (Phi) is 11.9. The number of methoxy groups -OCH3 is 2. The number of anilines is 1. The van der Waals surface area contributed by atoms with Gasteiger partial charge in [-0.2, -0.15) is 0 Å². The fraction of sp³-hybridized carbons (Fsp3) is 0.375. The van der Waals surface area contributed by atoms with E-state index >= 15 is 0 Å². The molecule has 3 rings (SSSR count). The molecule has 13 heteroatoms. The molecule has 0 aliphatic carbocycles. The van der Waals surface area contributed by atoms with E-state index in [2.05, 4.69) is 5.32 Å². The van der Waals surface area contributed by atoms with Crippen LogP contribution in [0.2, 0.25) is 0 Å². The summed E-state index contributed by atoms with van der Waals surface area (Å²) in [6.45, 7) is 6.92. The molecular weight excluding hydrogens is 600 g/mol. The van der Waals surface area contributed by atoms with Gasteiger partial charge in [-0.1, -0.05) is 39.0 Å². The summed E-state index contributed by atoms with van der Waals surface area (Å²) in [5, 5.41) is 14.5. The van der Waals surface area contributed by atoms with Gasteiger partial charge in [-0.25, -0.2) is 8.42 Å². The van der Waals surface area contributed by atoms with Crippen molar-refractivity contribution in [2.45, 2.75) is 51.6 Å². The summed E-state index contributed by atoms with van der Waals surface area (Å²) < 4.78 is 39.6. The standard InChI is InChI=1S/C32H40N4O8S/c1-7-29(32(38)33-19-22(2)3)34(20-24-9-13-26(43-5)14-10-24)31(37)21-35(25-11-15-27(44-6)16-12-25)45(41,42)28-17-8-23(4)30(18-28)36(39)40/h8-18,22,29H,7,19-21H2,1-6H3,(H,33,38)/t29-/m0/s1. The van der Waals surface area contributed by atoms with Crippen LogP contribution in [-0.4, -0.2) is 63.4 Å². The lowest BCUT2D eigenvalue weighted by atomic mass is 10.1. The predicted molar refractivity (Wildman–Crippen MR) is 171 cm³/mol. The number of nitrogens with one attached hydrogen (secondary N) is 1. The van der Waals surface area contributed by atoms with Gasteiger partial charge in [0.05, 0.1) is 29.7 Å². The molecule has 2 amide bonds. The number of nitro benzene ring substituents is 1. The molecule has 1 N–H and O–H groups in total. The highest BCUT2D eigenvalue weighted by Gasteiger charge is 2.34. The first-order valence-corrected chi connectivity index (χ1v) is 15.9. The van der Waals surface area contributed by atoms with Crippen molar-refractivity contribution in [2.24, 2.45) is 5.92 Å². The molecule has 3 aromatic rings. The van der Waals surface area contributed by atoms with Crippen molar-refractivity contribution >= 4 is 33.2 Å².